The highest BCUT2D eigenvalue weighted by molar-refractivity contribution is 8.00. The number of hydrogen-bond acceptors (Lipinski definition) is 7. The molecular formula is C15H15N5OS2. The Kier molecular flexibility index (Phi) is 4.73. The first kappa shape index (κ1) is 15.7. The van der Waals surface area contributed by atoms with Gasteiger partial charge in [0.15, 0.2) is 4.34 Å². The molecule has 3 aromatic rings. The fourth-order valence-electron chi connectivity index (χ4n) is 1.97. The maximum Gasteiger partial charge on any atom is 0.258 e. The van der Waals surface area contributed by atoms with Gasteiger partial charge in [-0.1, -0.05) is 35.2 Å². The van der Waals surface area contributed by atoms with Gasteiger partial charge in [-0.25, -0.2) is 4.98 Å². The minimum absolute atomic E-state index is 0.0695. The van der Waals surface area contributed by atoms with Gasteiger partial charge in [-0.3, -0.25) is 9.20 Å². The minimum atomic E-state index is -0.0695. The van der Waals surface area contributed by atoms with Gasteiger partial charge in [0.25, 0.3) is 5.56 Å². The van der Waals surface area contributed by atoms with Gasteiger partial charge in [-0.05, 0) is 18.6 Å². The largest absolute Gasteiger partial charge is 0.357 e. The van der Waals surface area contributed by atoms with Crippen molar-refractivity contribution in [1.29, 1.82) is 0 Å². The van der Waals surface area contributed by atoms with E-state index in [1.165, 1.54) is 23.1 Å². The number of pyridine rings is 1. The zero-order chi connectivity index (χ0) is 16.2. The Morgan fingerprint density at radius 1 is 1.43 bits per heavy atom. The van der Waals surface area contributed by atoms with Crippen molar-refractivity contribution in [2.45, 2.75) is 17.0 Å². The molecule has 0 unspecified atom stereocenters. The smallest absolute Gasteiger partial charge is 0.258 e. The first-order chi connectivity index (χ1) is 11.2. The molecule has 0 bridgehead atoms. The lowest BCUT2D eigenvalue weighted by molar-refractivity contribution is 0.993. The van der Waals surface area contributed by atoms with Crippen LogP contribution in [0.4, 0.5) is 5.13 Å². The highest BCUT2D eigenvalue weighted by atomic mass is 32.2. The van der Waals surface area contributed by atoms with Crippen molar-refractivity contribution >= 4 is 33.9 Å². The van der Waals surface area contributed by atoms with Crippen LogP contribution in [-0.4, -0.2) is 26.1 Å². The summed E-state index contributed by atoms with van der Waals surface area (Å²) in [7, 11) is 0. The summed E-state index contributed by atoms with van der Waals surface area (Å²) in [6, 6.07) is 5.37. The Balaban J connectivity index is 1.74. The Morgan fingerprint density at radius 3 is 3.13 bits per heavy atom. The van der Waals surface area contributed by atoms with Crippen LogP contribution in [0.15, 0.2) is 46.2 Å². The summed E-state index contributed by atoms with van der Waals surface area (Å²) in [4.78, 5) is 16.7. The number of rotatable bonds is 6. The van der Waals surface area contributed by atoms with Crippen LogP contribution < -0.4 is 10.9 Å². The number of nitrogens with zero attached hydrogens (tertiary/aromatic N) is 4. The highest BCUT2D eigenvalue weighted by Crippen LogP contribution is 2.27. The molecule has 0 saturated carbocycles. The SMILES string of the molecule is C=CCNc1nnc(SCc2cc(=O)n3cc(C)ccc3n2)s1. The van der Waals surface area contributed by atoms with Crippen molar-refractivity contribution in [2.75, 3.05) is 11.9 Å². The second-order valence-corrected chi connectivity index (χ2v) is 7.05. The first-order valence-electron chi connectivity index (χ1n) is 6.96. The van der Waals surface area contributed by atoms with Crippen molar-refractivity contribution in [3.8, 4) is 0 Å². The van der Waals surface area contributed by atoms with E-state index in [1.54, 1.807) is 22.7 Å². The molecule has 0 aromatic carbocycles. The summed E-state index contributed by atoms with van der Waals surface area (Å²) >= 11 is 2.99. The lowest BCUT2D eigenvalue weighted by atomic mass is 10.3. The maximum atomic E-state index is 12.2. The number of hydrogen-bond donors (Lipinski definition) is 1. The summed E-state index contributed by atoms with van der Waals surface area (Å²) in [5.41, 5.74) is 2.35. The molecule has 0 spiro atoms. The normalized spacial score (nSPS) is 10.8. The van der Waals surface area contributed by atoms with Crippen LogP contribution in [0.5, 0.6) is 0 Å². The summed E-state index contributed by atoms with van der Waals surface area (Å²) in [6.45, 7) is 6.25. The first-order valence-corrected chi connectivity index (χ1v) is 8.76. The summed E-state index contributed by atoms with van der Waals surface area (Å²) in [6.07, 6.45) is 3.56. The molecule has 0 atom stereocenters. The van der Waals surface area contributed by atoms with E-state index in [1.807, 2.05) is 19.1 Å². The Labute approximate surface area is 141 Å². The average molecular weight is 345 g/mol. The third-order valence-corrected chi connectivity index (χ3v) is 5.06. The van der Waals surface area contributed by atoms with Crippen molar-refractivity contribution in [2.24, 2.45) is 0 Å². The number of nitrogens with one attached hydrogen (secondary N) is 1. The van der Waals surface area contributed by atoms with E-state index in [0.29, 0.717) is 17.9 Å². The Hall–Kier alpha value is -2.19. The van der Waals surface area contributed by atoms with Crippen LogP contribution in [-0.2, 0) is 5.75 Å². The highest BCUT2D eigenvalue weighted by Gasteiger charge is 2.07. The van der Waals surface area contributed by atoms with Gasteiger partial charge in [0, 0.05) is 24.6 Å². The van der Waals surface area contributed by atoms with Crippen LogP contribution in [0.3, 0.4) is 0 Å². The predicted molar refractivity (Wildman–Crippen MR) is 94.4 cm³/mol. The van der Waals surface area contributed by atoms with E-state index in [2.05, 4.69) is 27.1 Å². The number of aromatic nitrogens is 4. The molecule has 118 valence electrons. The molecule has 6 nitrogen and oxygen atoms in total. The van der Waals surface area contributed by atoms with Crippen LogP contribution in [0.2, 0.25) is 0 Å². The quantitative estimate of drug-likeness (QED) is 0.547. The Morgan fingerprint density at radius 2 is 2.30 bits per heavy atom. The van der Waals surface area contributed by atoms with Gasteiger partial charge < -0.3 is 5.32 Å². The molecule has 0 radical (unpaired) electrons. The van der Waals surface area contributed by atoms with Gasteiger partial charge in [0.1, 0.15) is 5.65 Å². The fraction of sp³-hybridized carbons (Fsp3) is 0.200. The molecule has 3 heterocycles. The van der Waals surface area contributed by atoms with Crippen molar-refractivity contribution in [3.63, 3.8) is 0 Å². The molecule has 0 saturated heterocycles. The van der Waals surface area contributed by atoms with Crippen LogP contribution in [0.25, 0.3) is 5.65 Å². The van der Waals surface area contributed by atoms with E-state index in [0.717, 1.165) is 20.7 Å². The van der Waals surface area contributed by atoms with Gasteiger partial charge >= 0.3 is 0 Å². The van der Waals surface area contributed by atoms with Gasteiger partial charge in [-0.2, -0.15) is 0 Å². The molecule has 3 aromatic heterocycles. The van der Waals surface area contributed by atoms with E-state index in [4.69, 9.17) is 0 Å². The number of aryl methyl sites for hydroxylation is 1. The minimum Gasteiger partial charge on any atom is -0.357 e. The maximum absolute atomic E-state index is 12.2. The number of thioether (sulfide) groups is 1. The van der Waals surface area contributed by atoms with Crippen molar-refractivity contribution in [3.05, 3.63) is 58.7 Å². The zero-order valence-electron chi connectivity index (χ0n) is 12.5. The molecule has 23 heavy (non-hydrogen) atoms. The lowest BCUT2D eigenvalue weighted by Crippen LogP contribution is -2.15. The van der Waals surface area contributed by atoms with E-state index < -0.39 is 0 Å². The van der Waals surface area contributed by atoms with E-state index >= 15 is 0 Å². The molecular weight excluding hydrogens is 330 g/mol. The van der Waals surface area contributed by atoms with Gasteiger partial charge in [0.2, 0.25) is 5.13 Å². The summed E-state index contributed by atoms with van der Waals surface area (Å²) in [5.74, 6) is 0.579. The monoisotopic (exact) mass is 345 g/mol. The lowest BCUT2D eigenvalue weighted by Gasteiger charge is -2.04. The summed E-state index contributed by atoms with van der Waals surface area (Å²) < 4.78 is 2.40. The number of anilines is 1. The predicted octanol–water partition coefficient (Wildman–Crippen LogP) is 2.74. The van der Waals surface area contributed by atoms with Crippen LogP contribution >= 0.6 is 23.1 Å². The molecule has 0 amide bonds. The van der Waals surface area contributed by atoms with Gasteiger partial charge in [0.05, 0.1) is 5.69 Å². The molecule has 0 fully saturated rings. The fourth-order valence-corrected chi connectivity index (χ4v) is 3.62. The average Bonchev–Trinajstić information content (AvgIpc) is 2.99. The number of fused-ring (bicyclic) bond motifs is 1. The molecule has 0 aliphatic heterocycles. The van der Waals surface area contributed by atoms with Crippen molar-refractivity contribution in [1.82, 2.24) is 19.6 Å². The molecule has 3 rings (SSSR count). The second-order valence-electron chi connectivity index (χ2n) is 4.85. The topological polar surface area (TPSA) is 72.2 Å². The van der Waals surface area contributed by atoms with Crippen LogP contribution in [0.1, 0.15) is 11.3 Å². The Bertz CT molecular complexity index is 902. The van der Waals surface area contributed by atoms with Crippen LogP contribution in [0, 0.1) is 6.92 Å². The second kappa shape index (κ2) is 6.93. The van der Waals surface area contributed by atoms with E-state index in [9.17, 15) is 4.79 Å². The third-order valence-electron chi connectivity index (χ3n) is 3.01. The third kappa shape index (κ3) is 3.77. The molecule has 0 aliphatic rings. The summed E-state index contributed by atoms with van der Waals surface area (Å²) in [5, 5.41) is 12.0. The molecule has 8 heteroatoms. The van der Waals surface area contributed by atoms with Crippen molar-refractivity contribution < 1.29 is 0 Å². The molecule has 1 N–H and O–H groups in total. The van der Waals surface area contributed by atoms with Gasteiger partial charge in [-0.15, -0.1) is 16.8 Å². The molecule has 0 aliphatic carbocycles. The van der Waals surface area contributed by atoms with E-state index in [-0.39, 0.29) is 5.56 Å². The zero-order valence-corrected chi connectivity index (χ0v) is 14.2. The standard InChI is InChI=1S/C15H15N5OS2/c1-3-6-16-14-18-19-15(23-14)22-9-11-7-13(21)20-8-10(2)4-5-12(20)17-11/h3-5,7-8H,1,6,9H2,2H3,(H,16,18).